The third-order valence-electron chi connectivity index (χ3n) is 11.5. The number of amides is 2. The van der Waals surface area contributed by atoms with Crippen molar-refractivity contribution in [2.45, 2.75) is 50.9 Å². The number of anilines is 5. The first-order valence-corrected chi connectivity index (χ1v) is 25.0. The molecule has 6 aromatic heterocycles. The van der Waals surface area contributed by atoms with E-state index in [0.717, 1.165) is 59.7 Å². The number of halogens is 1. The van der Waals surface area contributed by atoms with E-state index in [9.17, 15) is 19.2 Å². The van der Waals surface area contributed by atoms with Crippen molar-refractivity contribution in [1.82, 2.24) is 39.8 Å². The van der Waals surface area contributed by atoms with Gasteiger partial charge in [0.05, 0.1) is 63.6 Å². The number of esters is 2. The minimum Gasteiger partial charge on any atom is -0.497 e. The summed E-state index contributed by atoms with van der Waals surface area (Å²) in [5.74, 6) is 0.866. The Bertz CT molecular complexity index is 3240. The van der Waals surface area contributed by atoms with Gasteiger partial charge >= 0.3 is 11.9 Å². The summed E-state index contributed by atoms with van der Waals surface area (Å²) in [6.45, 7) is 1.24. The molecular weight excluding hydrogens is 996 g/mol. The quantitative estimate of drug-likeness (QED) is 0.0674. The molecule has 5 N–H and O–H groups in total. The van der Waals surface area contributed by atoms with Gasteiger partial charge in [-0.05, 0) is 84.0 Å². The highest BCUT2D eigenvalue weighted by atomic mass is 35.5. The smallest absolute Gasteiger partial charge is 0.350 e. The molecule has 2 amide bonds. The molecule has 0 bridgehead atoms. The molecule has 8 aromatic rings. The highest BCUT2D eigenvalue weighted by Gasteiger charge is 2.28. The number of hydrogen-bond acceptors (Lipinski definition) is 18. The average molecular weight is 1050 g/mol. The van der Waals surface area contributed by atoms with Crippen molar-refractivity contribution in [3.8, 4) is 11.5 Å². The van der Waals surface area contributed by atoms with Crippen LogP contribution >= 0.6 is 34.3 Å². The van der Waals surface area contributed by atoms with Gasteiger partial charge in [-0.1, -0.05) is 35.9 Å². The Balaban J connectivity index is 0.000000168. The van der Waals surface area contributed by atoms with Gasteiger partial charge in [-0.15, -0.1) is 27.8 Å². The van der Waals surface area contributed by atoms with Crippen LogP contribution in [0.5, 0.6) is 11.5 Å². The van der Waals surface area contributed by atoms with E-state index in [-0.39, 0.29) is 29.9 Å². The number of hydrogen-bond donors (Lipinski definition) is 4. The molecule has 2 aliphatic carbocycles. The van der Waals surface area contributed by atoms with Crippen molar-refractivity contribution in [2.24, 2.45) is 0 Å². The van der Waals surface area contributed by atoms with Crippen molar-refractivity contribution in [2.75, 3.05) is 63.4 Å². The maximum Gasteiger partial charge on any atom is 0.350 e. The molecule has 10 rings (SSSR count). The normalized spacial score (nSPS) is 12.6. The standard InChI is InChI=1S/C25H26N6O4S.C19H20ClN5O2.C6H7NO2S/c1-30(14-15-4-8-17(34-2)9-5-15)19-12-21(28-18-10-11-36-22(18)25(33)35-3)29-31-20(13-26-23(19)31)24(32)27-16-6-7-16;1-24(11-12-3-7-14(27-2)8-4-12)15-9-17(20)23-25-16(10-21-18(15)25)19(26)22-13-5-6-13;1-9-6(8)5-4(7)2-3-10-5/h4-5,8-13,16H,6-7,14H2,1-3H3,(H,27,32)(H,28,29);3-4,7-10,13H,5-6,11H2,1-2H3,(H,22,26);2-3H,7H2,1H3. The van der Waals surface area contributed by atoms with E-state index in [4.69, 9.17) is 31.5 Å². The van der Waals surface area contributed by atoms with Crippen LogP contribution in [-0.2, 0) is 22.6 Å². The van der Waals surface area contributed by atoms with Crippen molar-refractivity contribution >= 4 is 97.9 Å². The number of benzene rings is 2. The Morgan fingerprint density at radius 3 is 1.60 bits per heavy atom. The van der Waals surface area contributed by atoms with E-state index in [0.29, 0.717) is 67.9 Å². The number of imidazole rings is 2. The molecule has 2 saturated carbocycles. The third kappa shape index (κ3) is 12.6. The molecule has 20 nitrogen and oxygen atoms in total. The molecule has 0 radical (unpaired) electrons. The van der Waals surface area contributed by atoms with Crippen LogP contribution in [0.2, 0.25) is 5.15 Å². The maximum atomic E-state index is 12.9. The van der Waals surface area contributed by atoms with Gasteiger partial charge in [0.15, 0.2) is 33.7 Å². The number of fused-ring (bicyclic) bond motifs is 2. The SMILES string of the molecule is COC(=O)c1sccc1N.COC(=O)c1sccc1Nc1cc(N(C)Cc2ccc(OC)cc2)c2ncc(C(=O)NC3CC3)n2n1.COc1ccc(CN(C)c2cc(Cl)nn3c(C(=O)NC4CC4)cnc23)cc1. The van der Waals surface area contributed by atoms with E-state index in [2.05, 4.69) is 40.9 Å². The van der Waals surface area contributed by atoms with Crippen LogP contribution in [0, 0.1) is 0 Å². The number of methoxy groups -OCH3 is 4. The summed E-state index contributed by atoms with van der Waals surface area (Å²) >= 11 is 8.79. The van der Waals surface area contributed by atoms with Gasteiger partial charge in [-0.2, -0.15) is 5.10 Å². The number of nitrogen functional groups attached to an aromatic ring is 1. The largest absolute Gasteiger partial charge is 0.497 e. The fraction of sp³-hybridized carbons (Fsp3) is 0.280. The van der Waals surface area contributed by atoms with E-state index in [1.165, 1.54) is 41.4 Å². The second-order valence-corrected chi connectivity index (χ2v) is 19.1. The monoisotopic (exact) mass is 1050 g/mol. The van der Waals surface area contributed by atoms with Crippen LogP contribution in [0.4, 0.5) is 28.6 Å². The molecule has 2 aliphatic rings. The first-order valence-electron chi connectivity index (χ1n) is 22.8. The van der Waals surface area contributed by atoms with Crippen LogP contribution < -0.4 is 41.0 Å². The molecule has 0 saturated heterocycles. The Labute approximate surface area is 433 Å². The van der Waals surface area contributed by atoms with Gasteiger partial charge in [-0.25, -0.2) is 28.6 Å². The minimum absolute atomic E-state index is 0.177. The number of nitrogens with zero attached hydrogens (tertiary/aromatic N) is 8. The Morgan fingerprint density at radius 1 is 0.671 bits per heavy atom. The number of rotatable bonds is 16. The molecule has 0 atom stereocenters. The number of carbonyl (C=O) groups excluding carboxylic acids is 4. The fourth-order valence-corrected chi connectivity index (χ4v) is 9.02. The summed E-state index contributed by atoms with van der Waals surface area (Å²) < 4.78 is 22.9. The lowest BCUT2D eigenvalue weighted by Crippen LogP contribution is -2.27. The molecule has 6 heterocycles. The molecule has 23 heteroatoms. The Hall–Kier alpha value is -7.95. The van der Waals surface area contributed by atoms with Crippen LogP contribution in [0.3, 0.4) is 0 Å². The van der Waals surface area contributed by atoms with Crippen molar-refractivity contribution < 1.29 is 38.1 Å². The molecule has 0 aliphatic heterocycles. The maximum absolute atomic E-state index is 12.9. The first-order chi connectivity index (χ1) is 35.3. The van der Waals surface area contributed by atoms with E-state index < -0.39 is 5.97 Å². The summed E-state index contributed by atoms with van der Waals surface area (Å²) in [7, 11) is 9.87. The second kappa shape index (κ2) is 23.1. The zero-order valence-electron chi connectivity index (χ0n) is 40.8. The molecular formula is C50H53ClN12O8S2. The molecule has 2 aromatic carbocycles. The Morgan fingerprint density at radius 2 is 1.14 bits per heavy atom. The minimum atomic E-state index is -0.433. The summed E-state index contributed by atoms with van der Waals surface area (Å²) in [5, 5.41) is 22.0. The molecule has 2 fully saturated rings. The predicted molar refractivity (Wildman–Crippen MR) is 281 cm³/mol. The zero-order chi connectivity index (χ0) is 51.8. The van der Waals surface area contributed by atoms with Crippen LogP contribution in [0.1, 0.15) is 77.1 Å². The number of thiophene rings is 2. The molecule has 380 valence electrons. The Kier molecular flexibility index (Phi) is 16.2. The van der Waals surface area contributed by atoms with Crippen LogP contribution in [0.15, 0.2) is 96.0 Å². The number of aromatic nitrogens is 6. The number of nitrogens with two attached hydrogens (primary N) is 1. The molecule has 0 unspecified atom stereocenters. The van der Waals surface area contributed by atoms with Crippen molar-refractivity contribution in [3.05, 3.63) is 133 Å². The van der Waals surface area contributed by atoms with Gasteiger partial charge in [0, 0.05) is 51.4 Å². The number of carbonyl (C=O) groups is 4. The topological polar surface area (TPSA) is 234 Å². The number of nitrogens with one attached hydrogen (secondary N) is 3. The number of ether oxygens (including phenoxy) is 4. The lowest BCUT2D eigenvalue weighted by Gasteiger charge is -2.21. The lowest BCUT2D eigenvalue weighted by molar-refractivity contribution is 0.0598. The second-order valence-electron chi connectivity index (χ2n) is 16.9. The first kappa shape index (κ1) is 51.4. The van der Waals surface area contributed by atoms with E-state index in [1.807, 2.05) is 78.5 Å². The van der Waals surface area contributed by atoms with E-state index in [1.54, 1.807) is 60.1 Å². The van der Waals surface area contributed by atoms with Gasteiger partial charge in [0.1, 0.15) is 21.3 Å². The highest BCUT2D eigenvalue weighted by Crippen LogP contribution is 2.31. The van der Waals surface area contributed by atoms with Gasteiger partial charge < -0.3 is 50.4 Å². The third-order valence-corrected chi connectivity index (χ3v) is 13.5. The molecule has 73 heavy (non-hydrogen) atoms. The van der Waals surface area contributed by atoms with Crippen molar-refractivity contribution in [3.63, 3.8) is 0 Å². The average Bonchev–Trinajstić information content (AvgIpc) is 4.15. The van der Waals surface area contributed by atoms with Gasteiger partial charge in [0.2, 0.25) is 0 Å². The lowest BCUT2D eigenvalue weighted by atomic mass is 10.2. The van der Waals surface area contributed by atoms with Crippen molar-refractivity contribution in [1.29, 1.82) is 0 Å². The zero-order valence-corrected chi connectivity index (χ0v) is 43.1. The van der Waals surface area contributed by atoms with Gasteiger partial charge in [0.25, 0.3) is 11.8 Å². The highest BCUT2D eigenvalue weighted by molar-refractivity contribution is 7.13. The van der Waals surface area contributed by atoms with E-state index >= 15 is 0 Å². The summed E-state index contributed by atoms with van der Waals surface area (Å²) in [5.41, 5.74) is 12.1. The fourth-order valence-electron chi connectivity index (χ4n) is 7.34. The predicted octanol–water partition coefficient (Wildman–Crippen LogP) is 7.90. The van der Waals surface area contributed by atoms with Crippen LogP contribution in [-0.4, -0.2) is 108 Å². The summed E-state index contributed by atoms with van der Waals surface area (Å²) in [6, 6.07) is 23.3. The molecule has 0 spiro atoms. The summed E-state index contributed by atoms with van der Waals surface area (Å²) in [6.07, 6.45) is 7.08. The van der Waals surface area contributed by atoms with Crippen LogP contribution in [0.25, 0.3) is 11.3 Å². The summed E-state index contributed by atoms with van der Waals surface area (Å²) in [4.78, 5) is 62.2. The van der Waals surface area contributed by atoms with Gasteiger partial charge in [-0.3, -0.25) is 9.59 Å².